The van der Waals surface area contributed by atoms with Crippen LogP contribution >= 0.6 is 0 Å². The molecule has 0 unspecified atom stereocenters. The average Bonchev–Trinajstić information content (AvgIpc) is 1.99. The van der Waals surface area contributed by atoms with E-state index in [0.717, 1.165) is 18.1 Å². The van der Waals surface area contributed by atoms with Crippen LogP contribution < -0.4 is 0 Å². The molecule has 0 aromatic carbocycles. The van der Waals surface area contributed by atoms with Gasteiger partial charge in [-0.1, -0.05) is 37.3 Å². The van der Waals surface area contributed by atoms with Gasteiger partial charge in [0.1, 0.15) is 0 Å². The summed E-state index contributed by atoms with van der Waals surface area (Å²) in [5.74, 6) is 0. The molecule has 0 atom stereocenters. The van der Waals surface area contributed by atoms with Crippen molar-refractivity contribution < 1.29 is 13.2 Å². The number of hydrogen-bond acceptors (Lipinski definition) is 0. The third kappa shape index (κ3) is 5.28. The third-order valence-electron chi connectivity index (χ3n) is 1.44. The van der Waals surface area contributed by atoms with Gasteiger partial charge in [-0.3, -0.25) is 0 Å². The fourth-order valence-corrected chi connectivity index (χ4v) is 0.717. The molecule has 3 heteroatoms. The van der Waals surface area contributed by atoms with Crippen molar-refractivity contribution in [3.8, 4) is 0 Å². The van der Waals surface area contributed by atoms with Crippen molar-refractivity contribution in [1.82, 2.24) is 0 Å². The van der Waals surface area contributed by atoms with Crippen molar-refractivity contribution in [3.05, 3.63) is 36.0 Å². The molecule has 0 amide bonds. The lowest BCUT2D eigenvalue weighted by Crippen LogP contribution is -2.08. The first-order valence-electron chi connectivity index (χ1n) is 3.99. The summed E-state index contributed by atoms with van der Waals surface area (Å²) in [6, 6.07) is 0. The molecule has 0 aliphatic heterocycles. The Bertz CT molecular complexity index is 231. The van der Waals surface area contributed by atoms with E-state index in [0.29, 0.717) is 0 Å². The highest BCUT2D eigenvalue weighted by Crippen LogP contribution is 2.24. The SMILES string of the molecule is C=C(/C=C\C(C)=CCC)C(F)(F)F. The molecule has 0 rings (SSSR count). The molecule has 13 heavy (non-hydrogen) atoms. The summed E-state index contributed by atoms with van der Waals surface area (Å²) in [6.45, 7) is 6.60. The maximum absolute atomic E-state index is 11.9. The molecule has 0 aliphatic rings. The molecule has 0 saturated heterocycles. The molecule has 0 bridgehead atoms. The van der Waals surface area contributed by atoms with Crippen molar-refractivity contribution in [2.75, 3.05) is 0 Å². The summed E-state index contributed by atoms with van der Waals surface area (Å²) >= 11 is 0. The highest BCUT2D eigenvalue weighted by atomic mass is 19.4. The Hall–Kier alpha value is -0.990. The minimum atomic E-state index is -4.32. The van der Waals surface area contributed by atoms with Crippen LogP contribution in [-0.2, 0) is 0 Å². The van der Waals surface area contributed by atoms with E-state index in [9.17, 15) is 13.2 Å². The second kappa shape index (κ2) is 4.90. The summed E-state index contributed by atoms with van der Waals surface area (Å²) in [4.78, 5) is 0. The molecule has 0 aromatic rings. The summed E-state index contributed by atoms with van der Waals surface area (Å²) in [6.07, 6.45) is 0.749. The minimum absolute atomic E-state index is 0.813. The summed E-state index contributed by atoms with van der Waals surface area (Å²) in [5.41, 5.74) is -0.00995. The minimum Gasteiger partial charge on any atom is -0.166 e. The zero-order valence-corrected chi connectivity index (χ0v) is 7.78. The molecule has 0 aromatic heterocycles. The fourth-order valence-electron chi connectivity index (χ4n) is 0.717. The Balaban J connectivity index is 4.30. The standard InChI is InChI=1S/C10H13F3/c1-4-5-8(2)6-7-9(3)10(11,12)13/h5-7H,3-4H2,1-2H3/b7-6-,8-5?. The predicted molar refractivity (Wildman–Crippen MR) is 48.4 cm³/mol. The maximum atomic E-state index is 11.9. The van der Waals surface area contributed by atoms with Gasteiger partial charge in [0.2, 0.25) is 0 Å². The van der Waals surface area contributed by atoms with Crippen LogP contribution in [0.5, 0.6) is 0 Å². The highest BCUT2D eigenvalue weighted by molar-refractivity contribution is 5.27. The first-order valence-corrected chi connectivity index (χ1v) is 3.99. The summed E-state index contributed by atoms with van der Waals surface area (Å²) in [7, 11) is 0. The van der Waals surface area contributed by atoms with Crippen molar-refractivity contribution in [2.24, 2.45) is 0 Å². The van der Waals surface area contributed by atoms with Crippen molar-refractivity contribution >= 4 is 0 Å². The van der Waals surface area contributed by atoms with Gasteiger partial charge in [0, 0.05) is 5.57 Å². The molecule has 0 saturated carbocycles. The molecule has 0 fully saturated rings. The van der Waals surface area contributed by atoms with E-state index in [1.54, 1.807) is 6.92 Å². The van der Waals surface area contributed by atoms with E-state index >= 15 is 0 Å². The first-order chi connectivity index (χ1) is 5.88. The molecule has 0 spiro atoms. The highest BCUT2D eigenvalue weighted by Gasteiger charge is 2.29. The monoisotopic (exact) mass is 190 g/mol. The van der Waals surface area contributed by atoms with Crippen LogP contribution in [0.1, 0.15) is 20.3 Å². The smallest absolute Gasteiger partial charge is 0.166 e. The Morgan fingerprint density at radius 3 is 2.23 bits per heavy atom. The molecule has 0 radical (unpaired) electrons. The first kappa shape index (κ1) is 12.0. The molecular weight excluding hydrogens is 177 g/mol. The second-order valence-electron chi connectivity index (χ2n) is 2.71. The summed E-state index contributed by atoms with van der Waals surface area (Å²) < 4.78 is 35.7. The van der Waals surface area contributed by atoms with Crippen LogP contribution in [0.15, 0.2) is 36.0 Å². The van der Waals surface area contributed by atoms with E-state index in [1.807, 2.05) is 13.0 Å². The number of halogens is 3. The molecule has 0 N–H and O–H groups in total. The number of rotatable bonds is 3. The molecular formula is C10H13F3. The largest absolute Gasteiger partial charge is 0.415 e. The van der Waals surface area contributed by atoms with Crippen molar-refractivity contribution in [3.63, 3.8) is 0 Å². The van der Waals surface area contributed by atoms with Crippen LogP contribution in [-0.4, -0.2) is 6.18 Å². The quantitative estimate of drug-likeness (QED) is 0.589. The van der Waals surface area contributed by atoms with Crippen LogP contribution in [0, 0.1) is 0 Å². The maximum Gasteiger partial charge on any atom is 0.415 e. The van der Waals surface area contributed by atoms with Crippen LogP contribution in [0.3, 0.4) is 0 Å². The Morgan fingerprint density at radius 2 is 1.85 bits per heavy atom. The normalized spacial score (nSPS) is 13.8. The van der Waals surface area contributed by atoms with Crippen LogP contribution in [0.2, 0.25) is 0 Å². The lowest BCUT2D eigenvalue weighted by molar-refractivity contribution is -0.0878. The van der Waals surface area contributed by atoms with Gasteiger partial charge in [-0.25, -0.2) is 0 Å². The number of hydrogen-bond donors (Lipinski definition) is 0. The van der Waals surface area contributed by atoms with Gasteiger partial charge < -0.3 is 0 Å². The van der Waals surface area contributed by atoms with E-state index in [2.05, 4.69) is 6.58 Å². The van der Waals surface area contributed by atoms with Gasteiger partial charge in [0.15, 0.2) is 0 Å². The van der Waals surface area contributed by atoms with Crippen molar-refractivity contribution in [2.45, 2.75) is 26.4 Å². The van der Waals surface area contributed by atoms with E-state index in [4.69, 9.17) is 0 Å². The van der Waals surface area contributed by atoms with Gasteiger partial charge in [0.05, 0.1) is 0 Å². The Labute approximate surface area is 76.5 Å². The summed E-state index contributed by atoms with van der Waals surface area (Å²) in [5, 5.41) is 0. The van der Waals surface area contributed by atoms with Crippen molar-refractivity contribution in [1.29, 1.82) is 0 Å². The number of alkyl halides is 3. The lowest BCUT2D eigenvalue weighted by Gasteiger charge is -2.04. The fraction of sp³-hybridized carbons (Fsp3) is 0.400. The van der Waals surface area contributed by atoms with E-state index in [-0.39, 0.29) is 0 Å². The molecule has 0 aliphatic carbocycles. The Morgan fingerprint density at radius 1 is 1.31 bits per heavy atom. The molecule has 74 valence electrons. The number of allylic oxidation sites excluding steroid dienone is 5. The van der Waals surface area contributed by atoms with Crippen LogP contribution in [0.4, 0.5) is 13.2 Å². The van der Waals surface area contributed by atoms with E-state index in [1.165, 1.54) is 6.08 Å². The zero-order valence-electron chi connectivity index (χ0n) is 7.78. The predicted octanol–water partition coefficient (Wildman–Crippen LogP) is 4.02. The Kier molecular flexibility index (Phi) is 4.52. The van der Waals surface area contributed by atoms with Gasteiger partial charge in [0.25, 0.3) is 0 Å². The molecule has 0 heterocycles. The molecule has 0 nitrogen and oxygen atoms in total. The zero-order chi connectivity index (χ0) is 10.5. The lowest BCUT2D eigenvalue weighted by atomic mass is 10.2. The average molecular weight is 190 g/mol. The third-order valence-corrected chi connectivity index (χ3v) is 1.44. The van der Waals surface area contributed by atoms with Gasteiger partial charge in [-0.05, 0) is 13.3 Å². The van der Waals surface area contributed by atoms with E-state index < -0.39 is 11.7 Å². The van der Waals surface area contributed by atoms with Gasteiger partial charge in [-0.15, -0.1) is 0 Å². The van der Waals surface area contributed by atoms with Crippen LogP contribution in [0.25, 0.3) is 0 Å². The van der Waals surface area contributed by atoms with Gasteiger partial charge in [-0.2, -0.15) is 13.2 Å². The van der Waals surface area contributed by atoms with Gasteiger partial charge >= 0.3 is 6.18 Å². The second-order valence-corrected chi connectivity index (χ2v) is 2.71. The topological polar surface area (TPSA) is 0 Å².